The molecule has 0 unspecified atom stereocenters. The van der Waals surface area contributed by atoms with Gasteiger partial charge in [-0.05, 0) is 61.2 Å². The van der Waals surface area contributed by atoms with Crippen LogP contribution in [0.3, 0.4) is 0 Å². The summed E-state index contributed by atoms with van der Waals surface area (Å²) in [6.07, 6.45) is 0. The molecular weight excluding hydrogens is 346 g/mol. The molecule has 0 bridgehead atoms. The van der Waals surface area contributed by atoms with Crippen molar-refractivity contribution in [2.45, 2.75) is 33.6 Å². The predicted octanol–water partition coefficient (Wildman–Crippen LogP) is 4.12. The summed E-state index contributed by atoms with van der Waals surface area (Å²) in [4.78, 5) is 22.0. The molecule has 3 N–H and O–H groups in total. The van der Waals surface area contributed by atoms with Gasteiger partial charge in [-0.2, -0.15) is 5.10 Å². The maximum atomic E-state index is 11.3. The molecule has 0 radical (unpaired) electrons. The van der Waals surface area contributed by atoms with E-state index < -0.39 is 11.9 Å². The third-order valence-corrected chi connectivity index (χ3v) is 4.24. The molecule has 7 heteroatoms. The minimum absolute atomic E-state index is 0.287. The fourth-order valence-electron chi connectivity index (χ4n) is 3.00. The highest BCUT2D eigenvalue weighted by Crippen LogP contribution is 2.34. The third-order valence-electron chi connectivity index (χ3n) is 4.24. The zero-order valence-corrected chi connectivity index (χ0v) is 15.6. The molecule has 0 saturated carbocycles. The van der Waals surface area contributed by atoms with Gasteiger partial charge in [0, 0.05) is 11.1 Å². The van der Waals surface area contributed by atoms with Gasteiger partial charge in [-0.3, -0.25) is 9.89 Å². The quantitative estimate of drug-likeness (QED) is 0.602. The number of carbonyl (C=O) groups is 2. The van der Waals surface area contributed by atoms with Crippen LogP contribution >= 0.6 is 0 Å². The van der Waals surface area contributed by atoms with Crippen molar-refractivity contribution in [1.29, 1.82) is 0 Å². The second kappa shape index (κ2) is 7.11. The molecule has 0 aliphatic carbocycles. The van der Waals surface area contributed by atoms with Gasteiger partial charge in [-0.15, -0.1) is 0 Å². The molecule has 27 heavy (non-hydrogen) atoms. The standard InChI is InChI=1S/C20H21N3O4/c1-10(2)17-15-9-14(5-6-16(15)22-23-17)27-18-11(3)7-13(8-12(18)4)21-19(24)20(25)26/h5-10H,1-4H3,(H,21,24)(H,22,23)(H,25,26). The molecule has 1 amide bonds. The number of fused-ring (bicyclic) bond motifs is 1. The van der Waals surface area contributed by atoms with E-state index in [0.717, 1.165) is 27.7 Å². The monoisotopic (exact) mass is 367 g/mol. The Hall–Kier alpha value is -3.35. The molecule has 0 spiro atoms. The van der Waals surface area contributed by atoms with Gasteiger partial charge in [0.15, 0.2) is 0 Å². The number of benzene rings is 2. The number of H-pyrrole nitrogens is 1. The Labute approximate surface area is 156 Å². The number of aliphatic carboxylic acids is 1. The van der Waals surface area contributed by atoms with Crippen LogP contribution in [0.5, 0.6) is 11.5 Å². The highest BCUT2D eigenvalue weighted by Gasteiger charge is 2.15. The lowest BCUT2D eigenvalue weighted by molar-refractivity contribution is -0.147. The minimum Gasteiger partial charge on any atom is -0.474 e. The lowest BCUT2D eigenvalue weighted by atomic mass is 10.1. The number of amides is 1. The molecular formula is C20H21N3O4. The summed E-state index contributed by atoms with van der Waals surface area (Å²) < 4.78 is 6.09. The third kappa shape index (κ3) is 3.76. The number of carbonyl (C=O) groups excluding carboxylic acids is 1. The van der Waals surface area contributed by atoms with Gasteiger partial charge in [0.1, 0.15) is 11.5 Å². The minimum atomic E-state index is -1.53. The highest BCUT2D eigenvalue weighted by molar-refractivity contribution is 6.36. The molecule has 7 nitrogen and oxygen atoms in total. The van der Waals surface area contributed by atoms with Crippen molar-refractivity contribution in [3.8, 4) is 11.5 Å². The van der Waals surface area contributed by atoms with Crippen molar-refractivity contribution in [3.63, 3.8) is 0 Å². The first kappa shape index (κ1) is 18.4. The molecule has 3 aromatic rings. The first-order valence-electron chi connectivity index (χ1n) is 8.57. The van der Waals surface area contributed by atoms with E-state index in [9.17, 15) is 9.59 Å². The topological polar surface area (TPSA) is 104 Å². The van der Waals surface area contributed by atoms with Gasteiger partial charge in [0.25, 0.3) is 0 Å². The van der Waals surface area contributed by atoms with Crippen LogP contribution in [0.4, 0.5) is 5.69 Å². The smallest absolute Gasteiger partial charge is 0.394 e. The number of anilines is 1. The van der Waals surface area contributed by atoms with Crippen LogP contribution in [0, 0.1) is 13.8 Å². The number of carboxylic acid groups (broad SMARTS) is 1. The first-order chi connectivity index (χ1) is 12.8. The van der Waals surface area contributed by atoms with E-state index in [1.807, 2.05) is 32.0 Å². The van der Waals surface area contributed by atoms with Gasteiger partial charge in [-0.25, -0.2) is 4.79 Å². The van der Waals surface area contributed by atoms with Crippen molar-refractivity contribution in [2.24, 2.45) is 0 Å². The number of hydrogen-bond donors (Lipinski definition) is 3. The molecule has 1 aromatic heterocycles. The van der Waals surface area contributed by atoms with Crippen molar-refractivity contribution >= 4 is 28.5 Å². The molecule has 0 atom stereocenters. The second-order valence-corrected chi connectivity index (χ2v) is 6.77. The van der Waals surface area contributed by atoms with E-state index in [-0.39, 0.29) is 5.92 Å². The Morgan fingerprint density at radius 1 is 1.15 bits per heavy atom. The second-order valence-electron chi connectivity index (χ2n) is 6.77. The summed E-state index contributed by atoms with van der Waals surface area (Å²) in [7, 11) is 0. The maximum absolute atomic E-state index is 11.3. The first-order valence-corrected chi connectivity index (χ1v) is 8.57. The Kier molecular flexibility index (Phi) is 4.85. The van der Waals surface area contributed by atoms with Crippen molar-refractivity contribution < 1.29 is 19.4 Å². The normalized spacial score (nSPS) is 11.0. The molecule has 2 aromatic carbocycles. The number of nitrogens with zero attached hydrogens (tertiary/aromatic N) is 1. The highest BCUT2D eigenvalue weighted by atomic mass is 16.5. The van der Waals surface area contributed by atoms with Crippen LogP contribution in [0.2, 0.25) is 0 Å². The van der Waals surface area contributed by atoms with Gasteiger partial charge < -0.3 is 15.2 Å². The molecule has 140 valence electrons. The Bertz CT molecular complexity index is 1010. The van der Waals surface area contributed by atoms with Gasteiger partial charge in [-0.1, -0.05) is 13.8 Å². The van der Waals surface area contributed by atoms with Gasteiger partial charge >= 0.3 is 11.9 Å². The predicted molar refractivity (Wildman–Crippen MR) is 102 cm³/mol. The number of nitrogens with one attached hydrogen (secondary N) is 2. The average molecular weight is 367 g/mol. The van der Waals surface area contributed by atoms with E-state index in [2.05, 4.69) is 29.4 Å². The van der Waals surface area contributed by atoms with E-state index in [1.54, 1.807) is 12.1 Å². The van der Waals surface area contributed by atoms with Crippen LogP contribution < -0.4 is 10.1 Å². The van der Waals surface area contributed by atoms with Crippen LogP contribution in [0.25, 0.3) is 10.9 Å². The molecule has 0 aliphatic heterocycles. The summed E-state index contributed by atoms with van der Waals surface area (Å²) in [5.41, 5.74) is 3.91. The molecule has 3 rings (SSSR count). The average Bonchev–Trinajstić information content (AvgIpc) is 3.01. The lowest BCUT2D eigenvalue weighted by Crippen LogP contribution is -2.21. The maximum Gasteiger partial charge on any atom is 0.394 e. The number of carboxylic acids is 1. The number of ether oxygens (including phenoxy) is 1. The van der Waals surface area contributed by atoms with Crippen LogP contribution in [0.15, 0.2) is 30.3 Å². The number of rotatable bonds is 4. The van der Waals surface area contributed by atoms with Crippen molar-refractivity contribution in [1.82, 2.24) is 10.2 Å². The summed E-state index contributed by atoms with van der Waals surface area (Å²) in [6.45, 7) is 7.85. The fraction of sp³-hybridized carbons (Fsp3) is 0.250. The number of aryl methyl sites for hydroxylation is 2. The molecule has 0 fully saturated rings. The SMILES string of the molecule is Cc1cc(NC(=O)C(=O)O)cc(C)c1Oc1ccc2[nH]nc(C(C)C)c2c1. The molecule has 0 saturated heterocycles. The summed E-state index contributed by atoms with van der Waals surface area (Å²) in [5.74, 6) is -0.972. The Morgan fingerprint density at radius 3 is 2.41 bits per heavy atom. The lowest BCUT2D eigenvalue weighted by Gasteiger charge is -2.14. The molecule has 1 heterocycles. The van der Waals surface area contributed by atoms with Crippen LogP contribution in [-0.4, -0.2) is 27.2 Å². The number of hydrogen-bond acceptors (Lipinski definition) is 4. The molecule has 0 aliphatic rings. The zero-order chi connectivity index (χ0) is 19.7. The largest absolute Gasteiger partial charge is 0.474 e. The van der Waals surface area contributed by atoms with Crippen LogP contribution in [-0.2, 0) is 9.59 Å². The fourth-order valence-corrected chi connectivity index (χ4v) is 3.00. The van der Waals surface area contributed by atoms with Gasteiger partial charge in [0.05, 0.1) is 11.2 Å². The van der Waals surface area contributed by atoms with Crippen LogP contribution in [0.1, 0.15) is 36.6 Å². The summed E-state index contributed by atoms with van der Waals surface area (Å²) in [5, 5.41) is 19.5. The van der Waals surface area contributed by atoms with E-state index in [1.165, 1.54) is 0 Å². The Balaban J connectivity index is 1.91. The summed E-state index contributed by atoms with van der Waals surface area (Å²) in [6, 6.07) is 9.10. The van der Waals surface area contributed by atoms with E-state index in [0.29, 0.717) is 17.2 Å². The Morgan fingerprint density at radius 2 is 1.81 bits per heavy atom. The van der Waals surface area contributed by atoms with Gasteiger partial charge in [0.2, 0.25) is 0 Å². The summed E-state index contributed by atoms with van der Waals surface area (Å²) >= 11 is 0. The number of aromatic nitrogens is 2. The van der Waals surface area contributed by atoms with E-state index >= 15 is 0 Å². The van der Waals surface area contributed by atoms with E-state index in [4.69, 9.17) is 9.84 Å². The van der Waals surface area contributed by atoms with Crippen molar-refractivity contribution in [3.05, 3.63) is 47.2 Å². The number of aromatic amines is 1. The van der Waals surface area contributed by atoms with Crippen molar-refractivity contribution in [2.75, 3.05) is 5.32 Å². The zero-order valence-electron chi connectivity index (χ0n) is 15.6.